The molecule has 0 aliphatic heterocycles. The van der Waals surface area contributed by atoms with Gasteiger partial charge in [-0.25, -0.2) is 17.7 Å². The van der Waals surface area contributed by atoms with Crippen LogP contribution in [0.15, 0.2) is 66.0 Å². The Morgan fingerprint density at radius 1 is 0.970 bits per heavy atom. The Hall–Kier alpha value is -3.76. The van der Waals surface area contributed by atoms with Crippen molar-refractivity contribution >= 4 is 26.7 Å². The van der Waals surface area contributed by atoms with Gasteiger partial charge in [-0.05, 0) is 36.8 Å². The molecule has 0 atom stereocenters. The normalized spacial score (nSPS) is 12.2. The van der Waals surface area contributed by atoms with Crippen LogP contribution in [0.25, 0.3) is 33.5 Å². The standard InChI is InChI=1S/C23H22N6O3S/c1-15-5-9-17(10-6-15)28-13-19(16-7-11-18(12-8-16)33(30,31)27(2)3)20-21(28)24-14-29-22(20)25-23(26-29)32-4/h5-14H,1-4H3. The molecule has 168 valence electrons. The fraction of sp³-hybridized carbons (Fsp3) is 0.174. The summed E-state index contributed by atoms with van der Waals surface area (Å²) in [6, 6.07) is 15.2. The zero-order valence-electron chi connectivity index (χ0n) is 18.6. The molecule has 0 bridgehead atoms. The third-order valence-corrected chi connectivity index (χ3v) is 7.37. The molecule has 5 aromatic rings. The Morgan fingerprint density at radius 2 is 1.67 bits per heavy atom. The van der Waals surface area contributed by atoms with E-state index in [2.05, 4.69) is 15.1 Å². The molecule has 33 heavy (non-hydrogen) atoms. The fourth-order valence-electron chi connectivity index (χ4n) is 3.73. The Bertz CT molecular complexity index is 1580. The van der Waals surface area contributed by atoms with Crippen LogP contribution in [0, 0.1) is 6.92 Å². The van der Waals surface area contributed by atoms with Crippen LogP contribution in [-0.2, 0) is 10.0 Å². The molecule has 0 saturated heterocycles. The molecule has 9 nitrogen and oxygen atoms in total. The molecule has 0 fully saturated rings. The highest BCUT2D eigenvalue weighted by Crippen LogP contribution is 2.35. The van der Waals surface area contributed by atoms with Gasteiger partial charge in [0.1, 0.15) is 6.33 Å². The van der Waals surface area contributed by atoms with E-state index in [9.17, 15) is 8.42 Å². The Labute approximate surface area is 190 Å². The van der Waals surface area contributed by atoms with Crippen LogP contribution in [0.2, 0.25) is 0 Å². The topological polar surface area (TPSA) is 94.6 Å². The SMILES string of the molecule is COc1nc2c3c(-c4ccc(S(=O)(=O)N(C)C)cc4)cn(-c4ccc(C)cc4)c3ncn2n1. The van der Waals surface area contributed by atoms with E-state index < -0.39 is 10.0 Å². The van der Waals surface area contributed by atoms with Gasteiger partial charge in [-0.3, -0.25) is 0 Å². The van der Waals surface area contributed by atoms with E-state index in [4.69, 9.17) is 4.74 Å². The predicted octanol–water partition coefficient (Wildman–Crippen LogP) is 3.30. The first-order valence-electron chi connectivity index (χ1n) is 10.2. The molecule has 0 amide bonds. The van der Waals surface area contributed by atoms with Crippen LogP contribution in [0.1, 0.15) is 5.56 Å². The molecule has 0 unspecified atom stereocenters. The molecule has 3 aromatic heterocycles. The number of aryl methyl sites for hydroxylation is 1. The molecule has 10 heteroatoms. The highest BCUT2D eigenvalue weighted by molar-refractivity contribution is 7.89. The first kappa shape index (κ1) is 21.1. The fourth-order valence-corrected chi connectivity index (χ4v) is 4.63. The van der Waals surface area contributed by atoms with Crippen LogP contribution in [-0.4, -0.2) is 58.1 Å². The number of benzene rings is 2. The number of methoxy groups -OCH3 is 1. The third-order valence-electron chi connectivity index (χ3n) is 5.54. The second-order valence-corrected chi connectivity index (χ2v) is 10.0. The Kier molecular flexibility index (Phi) is 4.91. The maximum atomic E-state index is 12.5. The van der Waals surface area contributed by atoms with Gasteiger partial charge < -0.3 is 9.30 Å². The molecule has 0 N–H and O–H groups in total. The third kappa shape index (κ3) is 3.43. The quantitative estimate of drug-likeness (QED) is 0.398. The van der Waals surface area contributed by atoms with Crippen molar-refractivity contribution in [3.05, 3.63) is 66.6 Å². The molecular weight excluding hydrogens is 440 g/mol. The van der Waals surface area contributed by atoms with E-state index in [0.717, 1.165) is 27.8 Å². The number of ether oxygens (including phenoxy) is 1. The second kappa shape index (κ2) is 7.68. The van der Waals surface area contributed by atoms with Gasteiger partial charge in [-0.15, -0.1) is 5.10 Å². The summed E-state index contributed by atoms with van der Waals surface area (Å²) in [5.41, 5.74) is 5.11. The zero-order valence-corrected chi connectivity index (χ0v) is 19.4. The highest BCUT2D eigenvalue weighted by atomic mass is 32.2. The molecule has 5 rings (SSSR count). The molecule has 0 aliphatic carbocycles. The van der Waals surface area contributed by atoms with Gasteiger partial charge in [0, 0.05) is 31.5 Å². The summed E-state index contributed by atoms with van der Waals surface area (Å²) in [6.07, 6.45) is 3.59. The van der Waals surface area contributed by atoms with E-state index in [1.807, 2.05) is 42.0 Å². The van der Waals surface area contributed by atoms with Crippen LogP contribution in [0.3, 0.4) is 0 Å². The number of aromatic nitrogens is 5. The summed E-state index contributed by atoms with van der Waals surface area (Å²) in [4.78, 5) is 9.40. The summed E-state index contributed by atoms with van der Waals surface area (Å²) in [5.74, 6) is 0. The first-order chi connectivity index (χ1) is 15.8. The number of nitrogens with zero attached hydrogens (tertiary/aromatic N) is 6. The lowest BCUT2D eigenvalue weighted by atomic mass is 10.1. The number of sulfonamides is 1. The van der Waals surface area contributed by atoms with Gasteiger partial charge in [0.15, 0.2) is 11.3 Å². The van der Waals surface area contributed by atoms with Gasteiger partial charge in [0.2, 0.25) is 10.0 Å². The van der Waals surface area contributed by atoms with Crippen molar-refractivity contribution < 1.29 is 13.2 Å². The molecule has 2 aromatic carbocycles. The smallest absolute Gasteiger partial charge is 0.336 e. The lowest BCUT2D eigenvalue weighted by Crippen LogP contribution is -2.22. The molecular formula is C23H22N6O3S. The van der Waals surface area contributed by atoms with Crippen molar-refractivity contribution in [1.29, 1.82) is 0 Å². The van der Waals surface area contributed by atoms with Gasteiger partial charge in [0.05, 0.1) is 17.4 Å². The van der Waals surface area contributed by atoms with Crippen molar-refractivity contribution in [3.8, 4) is 22.8 Å². The Balaban J connectivity index is 1.77. The lowest BCUT2D eigenvalue weighted by molar-refractivity contribution is 0.380. The van der Waals surface area contributed by atoms with Gasteiger partial charge in [-0.1, -0.05) is 29.8 Å². The molecule has 0 aliphatic rings. The average molecular weight is 463 g/mol. The molecule has 3 heterocycles. The second-order valence-electron chi connectivity index (χ2n) is 7.87. The number of hydrogen-bond donors (Lipinski definition) is 0. The molecule has 0 radical (unpaired) electrons. The molecule has 0 saturated carbocycles. The maximum Gasteiger partial charge on any atom is 0.336 e. The van der Waals surface area contributed by atoms with Crippen LogP contribution < -0.4 is 4.74 Å². The van der Waals surface area contributed by atoms with Crippen molar-refractivity contribution in [2.45, 2.75) is 11.8 Å². The summed E-state index contributed by atoms with van der Waals surface area (Å²) >= 11 is 0. The predicted molar refractivity (Wildman–Crippen MR) is 125 cm³/mol. The zero-order chi connectivity index (χ0) is 23.3. The minimum absolute atomic E-state index is 0.228. The number of hydrogen-bond acceptors (Lipinski definition) is 6. The van der Waals surface area contributed by atoms with Crippen molar-refractivity contribution in [2.75, 3.05) is 21.2 Å². The van der Waals surface area contributed by atoms with Crippen LogP contribution in [0.4, 0.5) is 0 Å². The lowest BCUT2D eigenvalue weighted by Gasteiger charge is -2.11. The van der Waals surface area contributed by atoms with Gasteiger partial charge in [0.25, 0.3) is 0 Å². The summed E-state index contributed by atoms with van der Waals surface area (Å²) < 4.78 is 35.0. The van der Waals surface area contributed by atoms with E-state index in [1.165, 1.54) is 25.5 Å². The maximum absolute atomic E-state index is 12.5. The summed E-state index contributed by atoms with van der Waals surface area (Å²) in [6.45, 7) is 2.04. The Morgan fingerprint density at radius 3 is 2.30 bits per heavy atom. The minimum Gasteiger partial charge on any atom is -0.466 e. The number of rotatable bonds is 5. The van der Waals surface area contributed by atoms with Crippen LogP contribution >= 0.6 is 0 Å². The van der Waals surface area contributed by atoms with E-state index in [-0.39, 0.29) is 10.9 Å². The summed E-state index contributed by atoms with van der Waals surface area (Å²) in [5, 5.41) is 5.09. The van der Waals surface area contributed by atoms with Crippen molar-refractivity contribution in [3.63, 3.8) is 0 Å². The monoisotopic (exact) mass is 462 g/mol. The van der Waals surface area contributed by atoms with E-state index in [0.29, 0.717) is 11.3 Å². The van der Waals surface area contributed by atoms with E-state index >= 15 is 0 Å². The first-order valence-corrected chi connectivity index (χ1v) is 11.6. The average Bonchev–Trinajstić information content (AvgIpc) is 3.41. The minimum atomic E-state index is -3.52. The van der Waals surface area contributed by atoms with Crippen molar-refractivity contribution in [2.24, 2.45) is 0 Å². The molecule has 0 spiro atoms. The summed E-state index contributed by atoms with van der Waals surface area (Å²) in [7, 11) is 1.02. The largest absolute Gasteiger partial charge is 0.466 e. The van der Waals surface area contributed by atoms with Gasteiger partial charge in [-0.2, -0.15) is 9.50 Å². The van der Waals surface area contributed by atoms with Gasteiger partial charge >= 0.3 is 6.01 Å². The number of fused-ring (bicyclic) bond motifs is 3. The van der Waals surface area contributed by atoms with E-state index in [1.54, 1.807) is 35.1 Å². The highest BCUT2D eigenvalue weighted by Gasteiger charge is 2.21. The van der Waals surface area contributed by atoms with Crippen molar-refractivity contribution in [1.82, 2.24) is 28.5 Å². The van der Waals surface area contributed by atoms with Crippen LogP contribution in [0.5, 0.6) is 6.01 Å².